The number of carbonyl (C=O) groups excluding carboxylic acids is 1. The van der Waals surface area contributed by atoms with Crippen LogP contribution in [0.25, 0.3) is 0 Å². The molecule has 0 bridgehead atoms. The Hall–Kier alpha value is -1.32. The van der Waals surface area contributed by atoms with Crippen molar-refractivity contribution in [1.82, 2.24) is 0 Å². The molecule has 0 aromatic rings. The molecular weight excluding hydrogens is 496 g/mol. The van der Waals surface area contributed by atoms with Gasteiger partial charge in [0.15, 0.2) is 0 Å². The van der Waals surface area contributed by atoms with Gasteiger partial charge in [0.1, 0.15) is 6.10 Å². The molecule has 0 aromatic carbocycles. The summed E-state index contributed by atoms with van der Waals surface area (Å²) in [7, 11) is 0. The molecule has 0 saturated heterocycles. The maximum absolute atomic E-state index is 12.4. The van der Waals surface area contributed by atoms with Gasteiger partial charge < -0.3 is 9.84 Å². The zero-order valence-corrected chi connectivity index (χ0v) is 26.9. The van der Waals surface area contributed by atoms with Crippen LogP contribution in [0.1, 0.15) is 200 Å². The summed E-state index contributed by atoms with van der Waals surface area (Å²) in [6, 6.07) is 0. The van der Waals surface area contributed by atoms with E-state index >= 15 is 0 Å². The van der Waals surface area contributed by atoms with Gasteiger partial charge in [0, 0.05) is 12.8 Å². The van der Waals surface area contributed by atoms with E-state index in [2.05, 4.69) is 26.0 Å². The van der Waals surface area contributed by atoms with Crippen molar-refractivity contribution in [2.24, 2.45) is 0 Å². The summed E-state index contributed by atoms with van der Waals surface area (Å²) in [6.45, 7) is 4.45. The van der Waals surface area contributed by atoms with E-state index in [4.69, 9.17) is 9.84 Å². The zero-order chi connectivity index (χ0) is 29.4. The van der Waals surface area contributed by atoms with Gasteiger partial charge in [0.2, 0.25) is 0 Å². The number of aliphatic carboxylic acids is 1. The van der Waals surface area contributed by atoms with E-state index in [1.54, 1.807) is 0 Å². The van der Waals surface area contributed by atoms with Gasteiger partial charge in [-0.05, 0) is 51.4 Å². The summed E-state index contributed by atoms with van der Waals surface area (Å²) in [5.74, 6) is -0.640. The summed E-state index contributed by atoms with van der Waals surface area (Å²) in [5.41, 5.74) is 0. The molecule has 0 aliphatic carbocycles. The molecule has 0 radical (unpaired) electrons. The van der Waals surface area contributed by atoms with Gasteiger partial charge in [0.05, 0.1) is 0 Å². The molecule has 1 atom stereocenters. The molecule has 0 fully saturated rings. The number of rotatable bonds is 32. The van der Waals surface area contributed by atoms with Crippen LogP contribution < -0.4 is 0 Å². The number of allylic oxidation sites excluding steroid dienone is 2. The van der Waals surface area contributed by atoms with Crippen molar-refractivity contribution in [3.8, 4) is 0 Å². The van der Waals surface area contributed by atoms with Gasteiger partial charge in [-0.25, -0.2) is 0 Å². The number of carbonyl (C=O) groups is 2. The number of carboxylic acid groups (broad SMARTS) is 1. The van der Waals surface area contributed by atoms with Crippen LogP contribution >= 0.6 is 0 Å². The van der Waals surface area contributed by atoms with Crippen LogP contribution in [-0.4, -0.2) is 23.1 Å². The Morgan fingerprint density at radius 2 is 0.925 bits per heavy atom. The largest absolute Gasteiger partial charge is 0.481 e. The number of esters is 1. The monoisotopic (exact) mass is 565 g/mol. The first-order chi connectivity index (χ1) is 19.6. The molecule has 0 saturated carbocycles. The van der Waals surface area contributed by atoms with E-state index in [1.807, 2.05) is 0 Å². The second-order valence-electron chi connectivity index (χ2n) is 12.1. The molecule has 1 unspecified atom stereocenters. The van der Waals surface area contributed by atoms with Crippen molar-refractivity contribution in [2.75, 3.05) is 0 Å². The van der Waals surface area contributed by atoms with Gasteiger partial charge >= 0.3 is 11.9 Å². The lowest BCUT2D eigenvalue weighted by atomic mass is 10.0. The van der Waals surface area contributed by atoms with Gasteiger partial charge in [-0.1, -0.05) is 148 Å². The van der Waals surface area contributed by atoms with Crippen molar-refractivity contribution in [3.05, 3.63) is 12.2 Å². The van der Waals surface area contributed by atoms with Crippen molar-refractivity contribution < 1.29 is 19.4 Å². The SMILES string of the molecule is CCCC/C=C\CCCCCCCC(=O)OC(CCCC)CCCCCCCCCCCCCCCCC(=O)O. The standard InChI is InChI=1S/C36H68O4/c1-3-5-7-8-9-10-15-20-23-26-29-33-36(39)40-34(30-6-4-2)31-27-24-21-18-16-13-11-12-14-17-19-22-25-28-32-35(37)38/h8-9,34H,3-7,10-33H2,1-2H3,(H,37,38)/b9-8-. The number of ether oxygens (including phenoxy) is 1. The van der Waals surface area contributed by atoms with Crippen LogP contribution in [-0.2, 0) is 14.3 Å². The summed E-state index contributed by atoms with van der Waals surface area (Å²) in [5, 5.41) is 8.65. The highest BCUT2D eigenvalue weighted by molar-refractivity contribution is 5.69. The minimum absolute atomic E-state index is 0.0261. The lowest BCUT2D eigenvalue weighted by Crippen LogP contribution is -2.18. The third kappa shape index (κ3) is 31.2. The molecule has 40 heavy (non-hydrogen) atoms. The predicted octanol–water partition coefficient (Wildman–Crippen LogP) is 11.9. The minimum atomic E-state index is -0.666. The van der Waals surface area contributed by atoms with Crippen LogP contribution in [0.3, 0.4) is 0 Å². The maximum atomic E-state index is 12.4. The minimum Gasteiger partial charge on any atom is -0.481 e. The van der Waals surface area contributed by atoms with E-state index in [0.717, 1.165) is 51.4 Å². The number of hydrogen-bond donors (Lipinski definition) is 1. The normalized spacial score (nSPS) is 12.2. The van der Waals surface area contributed by atoms with E-state index in [-0.39, 0.29) is 12.1 Å². The van der Waals surface area contributed by atoms with Gasteiger partial charge in [-0.3, -0.25) is 9.59 Å². The predicted molar refractivity (Wildman–Crippen MR) is 172 cm³/mol. The van der Waals surface area contributed by atoms with Gasteiger partial charge in [-0.15, -0.1) is 0 Å². The van der Waals surface area contributed by atoms with Crippen LogP contribution in [0, 0.1) is 0 Å². The average Bonchev–Trinajstić information content (AvgIpc) is 2.94. The summed E-state index contributed by atoms with van der Waals surface area (Å²) >= 11 is 0. The number of carboxylic acids is 1. The van der Waals surface area contributed by atoms with Crippen LogP contribution in [0.4, 0.5) is 0 Å². The molecule has 1 N–H and O–H groups in total. The topological polar surface area (TPSA) is 63.6 Å². The van der Waals surface area contributed by atoms with Crippen molar-refractivity contribution in [1.29, 1.82) is 0 Å². The average molecular weight is 565 g/mol. The van der Waals surface area contributed by atoms with E-state index < -0.39 is 5.97 Å². The second-order valence-corrected chi connectivity index (χ2v) is 12.1. The smallest absolute Gasteiger partial charge is 0.306 e. The first-order valence-electron chi connectivity index (χ1n) is 17.7. The van der Waals surface area contributed by atoms with E-state index in [0.29, 0.717) is 12.8 Å². The van der Waals surface area contributed by atoms with Crippen molar-refractivity contribution in [3.63, 3.8) is 0 Å². The van der Waals surface area contributed by atoms with E-state index in [1.165, 1.54) is 122 Å². The molecular formula is C36H68O4. The molecule has 0 spiro atoms. The Balaban J connectivity index is 3.63. The van der Waals surface area contributed by atoms with Gasteiger partial charge in [-0.2, -0.15) is 0 Å². The highest BCUT2D eigenvalue weighted by atomic mass is 16.5. The molecule has 0 aromatic heterocycles. The number of unbranched alkanes of at least 4 members (excludes halogenated alkanes) is 21. The van der Waals surface area contributed by atoms with Crippen molar-refractivity contribution >= 4 is 11.9 Å². The summed E-state index contributed by atoms with van der Waals surface area (Å²) in [6.07, 6.45) is 38.4. The molecule has 0 amide bonds. The van der Waals surface area contributed by atoms with E-state index in [9.17, 15) is 9.59 Å². The Kier molecular flexibility index (Phi) is 31.1. The zero-order valence-electron chi connectivity index (χ0n) is 26.9. The molecule has 236 valence electrons. The number of hydrogen-bond acceptors (Lipinski definition) is 3. The molecule has 0 rings (SSSR count). The van der Waals surface area contributed by atoms with Crippen LogP contribution in [0.5, 0.6) is 0 Å². The summed E-state index contributed by atoms with van der Waals surface area (Å²) < 4.78 is 5.90. The fourth-order valence-electron chi connectivity index (χ4n) is 5.33. The Bertz CT molecular complexity index is 571. The molecule has 0 aliphatic rings. The third-order valence-corrected chi connectivity index (χ3v) is 7.99. The summed E-state index contributed by atoms with van der Waals surface area (Å²) in [4.78, 5) is 22.9. The molecule has 4 heteroatoms. The maximum Gasteiger partial charge on any atom is 0.306 e. The molecule has 0 heterocycles. The fourth-order valence-corrected chi connectivity index (χ4v) is 5.33. The Morgan fingerprint density at radius 3 is 1.43 bits per heavy atom. The quantitative estimate of drug-likeness (QED) is 0.0501. The lowest BCUT2D eigenvalue weighted by Gasteiger charge is -2.18. The lowest BCUT2D eigenvalue weighted by molar-refractivity contribution is -0.150. The second kappa shape index (κ2) is 32.2. The molecule has 4 nitrogen and oxygen atoms in total. The Labute approximate surface area is 249 Å². The van der Waals surface area contributed by atoms with Gasteiger partial charge in [0.25, 0.3) is 0 Å². The molecule has 0 aliphatic heterocycles. The first-order valence-corrected chi connectivity index (χ1v) is 17.7. The van der Waals surface area contributed by atoms with Crippen molar-refractivity contribution in [2.45, 2.75) is 206 Å². The highest BCUT2D eigenvalue weighted by Gasteiger charge is 2.13. The highest BCUT2D eigenvalue weighted by Crippen LogP contribution is 2.18. The first kappa shape index (κ1) is 38.7. The fraction of sp³-hybridized carbons (Fsp3) is 0.889. The third-order valence-electron chi connectivity index (χ3n) is 7.99. The van der Waals surface area contributed by atoms with Crippen LogP contribution in [0.2, 0.25) is 0 Å². The van der Waals surface area contributed by atoms with Crippen LogP contribution in [0.15, 0.2) is 12.2 Å². The Morgan fingerprint density at radius 1 is 0.525 bits per heavy atom.